The van der Waals surface area contributed by atoms with E-state index in [2.05, 4.69) is 32.5 Å². The Balaban J connectivity index is 0.00000210. The minimum atomic E-state index is 0. The molecule has 4 rings (SSSR count). The number of nitrogens with one attached hydrogen (secondary N) is 1. The summed E-state index contributed by atoms with van der Waals surface area (Å²) >= 11 is 0. The van der Waals surface area contributed by atoms with Gasteiger partial charge in [0.25, 0.3) is 5.89 Å². The zero-order valence-electron chi connectivity index (χ0n) is 15.5. The highest BCUT2D eigenvalue weighted by Gasteiger charge is 2.27. The van der Waals surface area contributed by atoms with E-state index in [1.807, 2.05) is 37.5 Å². The maximum absolute atomic E-state index is 5.59. The van der Waals surface area contributed by atoms with Crippen LogP contribution in [0.3, 0.4) is 0 Å². The van der Waals surface area contributed by atoms with Gasteiger partial charge in [-0.2, -0.15) is 10.1 Å². The molecule has 1 fully saturated rings. The van der Waals surface area contributed by atoms with Crippen molar-refractivity contribution in [3.05, 3.63) is 36.3 Å². The Morgan fingerprint density at radius 3 is 2.81 bits per heavy atom. The molecule has 0 saturated carbocycles. The van der Waals surface area contributed by atoms with Gasteiger partial charge in [0.1, 0.15) is 11.4 Å². The third-order valence-electron chi connectivity index (χ3n) is 4.67. The molecule has 0 bridgehead atoms. The second-order valence-electron chi connectivity index (χ2n) is 6.42. The van der Waals surface area contributed by atoms with Crippen LogP contribution in [-0.4, -0.2) is 58.6 Å². The van der Waals surface area contributed by atoms with Crippen molar-refractivity contribution in [3.63, 3.8) is 0 Å². The van der Waals surface area contributed by atoms with Gasteiger partial charge in [-0.1, -0.05) is 17.3 Å². The Bertz CT molecular complexity index is 909. The van der Waals surface area contributed by atoms with Crippen LogP contribution in [0, 0.1) is 0 Å². The summed E-state index contributed by atoms with van der Waals surface area (Å²) in [6.45, 7) is 2.73. The maximum atomic E-state index is 5.59. The molecule has 0 aliphatic carbocycles. The molecule has 2 aromatic heterocycles. The molecule has 9 heteroatoms. The molecule has 0 amide bonds. The topological polar surface area (TPSA) is 81.2 Å². The van der Waals surface area contributed by atoms with Crippen molar-refractivity contribution < 1.29 is 9.26 Å². The number of likely N-dealkylation sites (N-methyl/N-ethyl adjacent to an activating group) is 1. The van der Waals surface area contributed by atoms with Crippen molar-refractivity contribution in [3.8, 4) is 28.5 Å². The number of ether oxygens (including phenoxy) is 1. The Labute approximate surface area is 163 Å². The maximum Gasteiger partial charge on any atom is 0.261 e. The quantitative estimate of drug-likeness (QED) is 0.730. The van der Waals surface area contributed by atoms with Gasteiger partial charge in [-0.15, -0.1) is 12.4 Å². The Kier molecular flexibility index (Phi) is 5.79. The van der Waals surface area contributed by atoms with Gasteiger partial charge in [0.2, 0.25) is 0 Å². The molecule has 1 atom stereocenters. The van der Waals surface area contributed by atoms with Gasteiger partial charge in [-0.05, 0) is 19.2 Å². The first-order valence-corrected chi connectivity index (χ1v) is 8.59. The number of para-hydroxylation sites is 1. The number of aromatic nitrogens is 4. The first-order chi connectivity index (χ1) is 12.7. The number of aryl methyl sites for hydroxylation is 1. The van der Waals surface area contributed by atoms with Crippen LogP contribution in [0.2, 0.25) is 0 Å². The van der Waals surface area contributed by atoms with E-state index in [9.17, 15) is 0 Å². The van der Waals surface area contributed by atoms with Crippen LogP contribution in [0.5, 0.6) is 5.75 Å². The number of methoxy groups -OCH3 is 1. The molecule has 1 saturated heterocycles. The molecular formula is C18H23ClN6O2. The molecule has 1 aromatic carbocycles. The summed E-state index contributed by atoms with van der Waals surface area (Å²) in [7, 11) is 5.60. The van der Waals surface area contributed by atoms with Crippen LogP contribution >= 0.6 is 12.4 Å². The van der Waals surface area contributed by atoms with E-state index in [0.717, 1.165) is 42.2 Å². The van der Waals surface area contributed by atoms with Gasteiger partial charge in [-0.3, -0.25) is 9.58 Å². The molecule has 0 spiro atoms. The molecule has 144 valence electrons. The number of hydrogen-bond donors (Lipinski definition) is 1. The smallest absolute Gasteiger partial charge is 0.261 e. The van der Waals surface area contributed by atoms with Gasteiger partial charge in [0.05, 0.1) is 18.7 Å². The van der Waals surface area contributed by atoms with Crippen molar-refractivity contribution in [1.82, 2.24) is 30.1 Å². The molecule has 1 aliphatic heterocycles. The molecular weight excluding hydrogens is 368 g/mol. The Hall–Kier alpha value is -2.42. The van der Waals surface area contributed by atoms with E-state index in [1.54, 1.807) is 11.8 Å². The van der Waals surface area contributed by atoms with Crippen molar-refractivity contribution in [2.45, 2.75) is 6.04 Å². The fourth-order valence-corrected chi connectivity index (χ4v) is 3.26. The van der Waals surface area contributed by atoms with Crippen LogP contribution in [0.25, 0.3) is 22.7 Å². The number of benzene rings is 1. The van der Waals surface area contributed by atoms with Crippen molar-refractivity contribution >= 4 is 12.4 Å². The summed E-state index contributed by atoms with van der Waals surface area (Å²) < 4.78 is 12.8. The minimum absolute atomic E-state index is 0. The van der Waals surface area contributed by atoms with E-state index in [0.29, 0.717) is 11.7 Å². The van der Waals surface area contributed by atoms with Crippen LogP contribution in [-0.2, 0) is 7.05 Å². The van der Waals surface area contributed by atoms with Crippen LogP contribution in [0.1, 0.15) is 11.9 Å². The highest BCUT2D eigenvalue weighted by molar-refractivity contribution is 5.85. The highest BCUT2D eigenvalue weighted by Crippen LogP contribution is 2.35. The summed E-state index contributed by atoms with van der Waals surface area (Å²) in [4.78, 5) is 6.89. The van der Waals surface area contributed by atoms with Crippen molar-refractivity contribution in [2.24, 2.45) is 7.05 Å². The van der Waals surface area contributed by atoms with Crippen LogP contribution < -0.4 is 10.1 Å². The molecule has 1 unspecified atom stereocenters. The molecule has 27 heavy (non-hydrogen) atoms. The third kappa shape index (κ3) is 3.69. The SMILES string of the molecule is COc1ccccc1-c1nn(C)cc1-c1nc(C2CNCCN2C)no1.Cl. The molecule has 3 aromatic rings. The van der Waals surface area contributed by atoms with Gasteiger partial charge in [0, 0.05) is 38.4 Å². The van der Waals surface area contributed by atoms with Crippen molar-refractivity contribution in [2.75, 3.05) is 33.8 Å². The highest BCUT2D eigenvalue weighted by atomic mass is 35.5. The monoisotopic (exact) mass is 390 g/mol. The standard InChI is InChI=1S/C18H22N6O2.ClH/c1-23-9-8-19-10-14(23)17-20-18(26-22-17)13-11-24(2)21-16(13)12-6-4-5-7-15(12)25-3;/h4-7,11,14,19H,8-10H2,1-3H3;1H. The predicted octanol–water partition coefficient (Wildman–Crippen LogP) is 2.14. The van der Waals surface area contributed by atoms with E-state index in [1.165, 1.54) is 0 Å². The summed E-state index contributed by atoms with van der Waals surface area (Å²) in [6, 6.07) is 7.88. The molecule has 3 heterocycles. The van der Waals surface area contributed by atoms with Gasteiger partial charge in [0.15, 0.2) is 5.82 Å². The average molecular weight is 391 g/mol. The molecule has 8 nitrogen and oxygen atoms in total. The van der Waals surface area contributed by atoms with E-state index >= 15 is 0 Å². The van der Waals surface area contributed by atoms with Gasteiger partial charge >= 0.3 is 0 Å². The fourth-order valence-electron chi connectivity index (χ4n) is 3.26. The van der Waals surface area contributed by atoms with E-state index < -0.39 is 0 Å². The number of hydrogen-bond acceptors (Lipinski definition) is 7. The lowest BCUT2D eigenvalue weighted by Gasteiger charge is -2.30. The summed E-state index contributed by atoms with van der Waals surface area (Å²) in [5.41, 5.74) is 2.44. The number of halogens is 1. The van der Waals surface area contributed by atoms with E-state index in [4.69, 9.17) is 9.26 Å². The number of nitrogens with zero attached hydrogens (tertiary/aromatic N) is 5. The zero-order chi connectivity index (χ0) is 18.1. The second-order valence-corrected chi connectivity index (χ2v) is 6.42. The largest absolute Gasteiger partial charge is 0.496 e. The minimum Gasteiger partial charge on any atom is -0.496 e. The Morgan fingerprint density at radius 2 is 2.04 bits per heavy atom. The lowest BCUT2D eigenvalue weighted by Crippen LogP contribution is -2.44. The summed E-state index contributed by atoms with van der Waals surface area (Å²) in [6.07, 6.45) is 1.89. The Morgan fingerprint density at radius 1 is 1.22 bits per heavy atom. The first kappa shape index (κ1) is 19.3. The van der Waals surface area contributed by atoms with Gasteiger partial charge in [-0.25, -0.2) is 0 Å². The zero-order valence-corrected chi connectivity index (χ0v) is 16.4. The predicted molar refractivity (Wildman–Crippen MR) is 104 cm³/mol. The summed E-state index contributed by atoms with van der Waals surface area (Å²) in [5.74, 6) is 1.90. The molecule has 0 radical (unpaired) electrons. The second kappa shape index (κ2) is 8.08. The van der Waals surface area contributed by atoms with E-state index in [-0.39, 0.29) is 18.4 Å². The average Bonchev–Trinajstić information content (AvgIpc) is 3.28. The normalized spacial score (nSPS) is 17.5. The number of rotatable bonds is 4. The fraction of sp³-hybridized carbons (Fsp3) is 0.389. The molecule has 1 N–H and O–H groups in total. The lowest BCUT2D eigenvalue weighted by molar-refractivity contribution is 0.190. The van der Waals surface area contributed by atoms with Crippen LogP contribution in [0.15, 0.2) is 35.0 Å². The third-order valence-corrected chi connectivity index (χ3v) is 4.67. The summed E-state index contributed by atoms with van der Waals surface area (Å²) in [5, 5.41) is 12.2. The molecule has 1 aliphatic rings. The first-order valence-electron chi connectivity index (χ1n) is 8.59. The lowest BCUT2D eigenvalue weighted by atomic mass is 10.1. The number of piperazine rings is 1. The van der Waals surface area contributed by atoms with Crippen molar-refractivity contribution in [1.29, 1.82) is 0 Å². The van der Waals surface area contributed by atoms with Crippen LogP contribution in [0.4, 0.5) is 0 Å². The van der Waals surface area contributed by atoms with Gasteiger partial charge < -0.3 is 14.6 Å².